The summed E-state index contributed by atoms with van der Waals surface area (Å²) in [5.74, 6) is 1.15. The molecule has 0 spiro atoms. The number of hydrogen-bond acceptors (Lipinski definition) is 2. The van der Waals surface area contributed by atoms with Gasteiger partial charge in [-0.2, -0.15) is 0 Å². The smallest absolute Gasteiger partial charge is 0.123 e. The minimum atomic E-state index is 0.533. The molecule has 0 aromatic carbocycles. The lowest BCUT2D eigenvalue weighted by atomic mass is 9.98. The number of nitrogens with two attached hydrogens (primary N) is 1. The molecular formula is C10H16N2. The Morgan fingerprint density at radius 1 is 1.50 bits per heavy atom. The van der Waals surface area contributed by atoms with Crippen molar-refractivity contribution in [3.05, 3.63) is 23.4 Å². The van der Waals surface area contributed by atoms with Gasteiger partial charge >= 0.3 is 0 Å². The number of aromatic nitrogens is 1. The molecule has 0 radical (unpaired) electrons. The molecular weight excluding hydrogens is 148 g/mol. The van der Waals surface area contributed by atoms with Crippen LogP contribution in [0.1, 0.15) is 37.8 Å². The van der Waals surface area contributed by atoms with Crippen LogP contribution in [0.5, 0.6) is 0 Å². The van der Waals surface area contributed by atoms with E-state index < -0.39 is 0 Å². The van der Waals surface area contributed by atoms with E-state index in [0.29, 0.717) is 11.7 Å². The Kier molecular flexibility index (Phi) is 2.69. The first-order valence-electron chi connectivity index (χ1n) is 4.39. The van der Waals surface area contributed by atoms with Crippen LogP contribution >= 0.6 is 0 Å². The van der Waals surface area contributed by atoms with E-state index in [1.165, 1.54) is 11.1 Å². The highest BCUT2D eigenvalue weighted by Crippen LogP contribution is 2.20. The lowest BCUT2D eigenvalue weighted by molar-refractivity contribution is 0.839. The molecule has 0 unspecified atom stereocenters. The fraction of sp³-hybridized carbons (Fsp3) is 0.500. The summed E-state index contributed by atoms with van der Waals surface area (Å²) in [6.07, 6.45) is 2.91. The van der Waals surface area contributed by atoms with Crippen molar-refractivity contribution in [1.29, 1.82) is 0 Å². The molecule has 0 aliphatic carbocycles. The lowest BCUT2D eigenvalue weighted by Crippen LogP contribution is -1.99. The number of anilines is 1. The maximum Gasteiger partial charge on any atom is 0.123 e. The van der Waals surface area contributed by atoms with Crippen LogP contribution in [0, 0.1) is 0 Å². The molecule has 1 heterocycles. The Labute approximate surface area is 73.8 Å². The third kappa shape index (κ3) is 1.76. The predicted octanol–water partition coefficient (Wildman–Crippen LogP) is 2.35. The van der Waals surface area contributed by atoms with Crippen molar-refractivity contribution in [2.24, 2.45) is 0 Å². The Bertz CT molecular complexity index is 267. The van der Waals surface area contributed by atoms with Crippen molar-refractivity contribution in [2.45, 2.75) is 33.1 Å². The van der Waals surface area contributed by atoms with Crippen LogP contribution in [0.4, 0.5) is 5.82 Å². The first-order valence-corrected chi connectivity index (χ1v) is 4.39. The van der Waals surface area contributed by atoms with E-state index in [2.05, 4.69) is 25.8 Å². The molecule has 1 aromatic rings. The second-order valence-corrected chi connectivity index (χ2v) is 3.32. The summed E-state index contributed by atoms with van der Waals surface area (Å²) in [6, 6.07) is 1.98. The summed E-state index contributed by atoms with van der Waals surface area (Å²) in [7, 11) is 0. The predicted molar refractivity (Wildman–Crippen MR) is 52.1 cm³/mol. The van der Waals surface area contributed by atoms with Gasteiger partial charge in [-0.15, -0.1) is 0 Å². The first-order chi connectivity index (χ1) is 5.65. The van der Waals surface area contributed by atoms with Crippen LogP contribution in [0.25, 0.3) is 0 Å². The molecule has 2 nitrogen and oxygen atoms in total. The quantitative estimate of drug-likeness (QED) is 0.728. The van der Waals surface area contributed by atoms with Crippen molar-refractivity contribution in [2.75, 3.05) is 5.73 Å². The van der Waals surface area contributed by atoms with Gasteiger partial charge in [-0.3, -0.25) is 0 Å². The lowest BCUT2D eigenvalue weighted by Gasteiger charge is -2.10. The Hall–Kier alpha value is -1.05. The summed E-state index contributed by atoms with van der Waals surface area (Å²) >= 11 is 0. The second-order valence-electron chi connectivity index (χ2n) is 3.32. The Morgan fingerprint density at radius 2 is 2.17 bits per heavy atom. The molecule has 66 valence electrons. The first kappa shape index (κ1) is 9.04. The van der Waals surface area contributed by atoms with E-state index in [1.807, 2.05) is 12.3 Å². The molecule has 0 aliphatic rings. The summed E-state index contributed by atoms with van der Waals surface area (Å²) in [6.45, 7) is 6.49. The van der Waals surface area contributed by atoms with Crippen LogP contribution in [0.3, 0.4) is 0 Å². The molecule has 1 rings (SSSR count). The van der Waals surface area contributed by atoms with Crippen LogP contribution in [-0.4, -0.2) is 4.98 Å². The summed E-state index contributed by atoms with van der Waals surface area (Å²) in [5, 5.41) is 0. The average molecular weight is 164 g/mol. The van der Waals surface area contributed by atoms with Gasteiger partial charge in [0, 0.05) is 6.20 Å². The molecule has 2 heteroatoms. The van der Waals surface area contributed by atoms with Crippen LogP contribution < -0.4 is 5.73 Å². The minimum absolute atomic E-state index is 0.533. The van der Waals surface area contributed by atoms with Gasteiger partial charge in [0.25, 0.3) is 0 Å². The zero-order valence-electron chi connectivity index (χ0n) is 7.96. The molecule has 0 saturated carbocycles. The fourth-order valence-electron chi connectivity index (χ4n) is 1.35. The molecule has 0 atom stereocenters. The Morgan fingerprint density at radius 3 is 2.67 bits per heavy atom. The van der Waals surface area contributed by atoms with E-state index >= 15 is 0 Å². The number of rotatable bonds is 2. The standard InChI is InChI=1S/C10H16N2/c1-4-8-6-12-10(11)5-9(8)7(2)3/h5-7H,4H2,1-3H3,(H2,11,12). The molecule has 0 amide bonds. The summed E-state index contributed by atoms with van der Waals surface area (Å²) < 4.78 is 0. The number of hydrogen-bond donors (Lipinski definition) is 1. The third-order valence-electron chi connectivity index (χ3n) is 2.05. The average Bonchev–Trinajstić information content (AvgIpc) is 2.04. The Balaban J connectivity index is 3.12. The highest BCUT2D eigenvalue weighted by atomic mass is 14.8. The molecule has 2 N–H and O–H groups in total. The molecule has 12 heavy (non-hydrogen) atoms. The van der Waals surface area contributed by atoms with Gasteiger partial charge in [-0.25, -0.2) is 4.98 Å². The van der Waals surface area contributed by atoms with E-state index in [9.17, 15) is 0 Å². The largest absolute Gasteiger partial charge is 0.384 e. The highest BCUT2D eigenvalue weighted by molar-refractivity contribution is 5.38. The second kappa shape index (κ2) is 3.57. The van der Waals surface area contributed by atoms with Gasteiger partial charge in [0.1, 0.15) is 5.82 Å². The molecule has 0 bridgehead atoms. The third-order valence-corrected chi connectivity index (χ3v) is 2.05. The molecule has 0 fully saturated rings. The van der Waals surface area contributed by atoms with Crippen molar-refractivity contribution >= 4 is 5.82 Å². The highest BCUT2D eigenvalue weighted by Gasteiger charge is 2.05. The zero-order chi connectivity index (χ0) is 9.14. The summed E-state index contributed by atoms with van der Waals surface area (Å²) in [5.41, 5.74) is 8.24. The van der Waals surface area contributed by atoms with Crippen molar-refractivity contribution in [3.8, 4) is 0 Å². The van der Waals surface area contributed by atoms with Crippen molar-refractivity contribution < 1.29 is 0 Å². The minimum Gasteiger partial charge on any atom is -0.384 e. The number of nitrogen functional groups attached to an aromatic ring is 1. The monoisotopic (exact) mass is 164 g/mol. The van der Waals surface area contributed by atoms with Gasteiger partial charge in [-0.1, -0.05) is 20.8 Å². The fourth-order valence-corrected chi connectivity index (χ4v) is 1.35. The molecule has 0 saturated heterocycles. The summed E-state index contributed by atoms with van der Waals surface area (Å²) in [4.78, 5) is 4.07. The van der Waals surface area contributed by atoms with E-state index in [-0.39, 0.29) is 0 Å². The van der Waals surface area contributed by atoms with Crippen LogP contribution in [-0.2, 0) is 6.42 Å². The number of nitrogens with zero attached hydrogens (tertiary/aromatic N) is 1. The van der Waals surface area contributed by atoms with Gasteiger partial charge < -0.3 is 5.73 Å². The van der Waals surface area contributed by atoms with Gasteiger partial charge in [0.15, 0.2) is 0 Å². The van der Waals surface area contributed by atoms with Gasteiger partial charge in [0.2, 0.25) is 0 Å². The SMILES string of the molecule is CCc1cnc(N)cc1C(C)C. The van der Waals surface area contributed by atoms with Gasteiger partial charge in [0.05, 0.1) is 0 Å². The van der Waals surface area contributed by atoms with Gasteiger partial charge in [-0.05, 0) is 29.5 Å². The number of pyridine rings is 1. The number of aryl methyl sites for hydroxylation is 1. The van der Waals surface area contributed by atoms with Crippen molar-refractivity contribution in [3.63, 3.8) is 0 Å². The van der Waals surface area contributed by atoms with Crippen molar-refractivity contribution in [1.82, 2.24) is 4.98 Å². The van der Waals surface area contributed by atoms with E-state index in [1.54, 1.807) is 0 Å². The topological polar surface area (TPSA) is 38.9 Å². The molecule has 0 aliphatic heterocycles. The zero-order valence-corrected chi connectivity index (χ0v) is 7.96. The van der Waals surface area contributed by atoms with E-state index in [4.69, 9.17) is 5.73 Å². The normalized spacial score (nSPS) is 10.7. The van der Waals surface area contributed by atoms with Crippen LogP contribution in [0.2, 0.25) is 0 Å². The maximum absolute atomic E-state index is 5.61. The maximum atomic E-state index is 5.61. The van der Waals surface area contributed by atoms with E-state index in [0.717, 1.165) is 6.42 Å². The van der Waals surface area contributed by atoms with Crippen LogP contribution in [0.15, 0.2) is 12.3 Å². The molecule has 1 aromatic heterocycles.